The molecule has 2 atom stereocenters. The fourth-order valence-electron chi connectivity index (χ4n) is 3.20. The number of ether oxygens (including phenoxy) is 1. The van der Waals surface area contributed by atoms with Gasteiger partial charge in [-0.3, -0.25) is 9.59 Å². The average molecular weight is 372 g/mol. The molecule has 2 aromatic rings. The first-order valence-corrected chi connectivity index (χ1v) is 8.96. The average Bonchev–Trinajstić information content (AvgIpc) is 3.18. The number of carbonyl (C=O) groups is 2. The summed E-state index contributed by atoms with van der Waals surface area (Å²) in [7, 11) is 0. The maximum Gasteiger partial charge on any atom is 0.291 e. The number of aliphatic hydroxyl groups is 1. The molecule has 1 fully saturated rings. The summed E-state index contributed by atoms with van der Waals surface area (Å²) in [6.07, 6.45) is 1.03. The zero-order valence-electron chi connectivity index (χ0n) is 15.4. The normalized spacial score (nSPS) is 20.1. The number of amides is 2. The first-order chi connectivity index (χ1) is 13.0. The molecule has 1 aliphatic heterocycles. The van der Waals surface area contributed by atoms with Gasteiger partial charge in [0.25, 0.3) is 5.91 Å². The Bertz CT molecular complexity index is 770. The van der Waals surface area contributed by atoms with Crippen LogP contribution in [0.3, 0.4) is 0 Å². The van der Waals surface area contributed by atoms with Crippen molar-refractivity contribution in [1.82, 2.24) is 4.90 Å². The monoisotopic (exact) mass is 372 g/mol. The molecule has 0 spiro atoms. The van der Waals surface area contributed by atoms with Crippen LogP contribution >= 0.6 is 0 Å². The number of aliphatic hydroxyl groups excluding tert-OH is 1. The third-order valence-corrected chi connectivity index (χ3v) is 4.45. The summed E-state index contributed by atoms with van der Waals surface area (Å²) >= 11 is 0. The Balaban J connectivity index is 1.73. The van der Waals surface area contributed by atoms with E-state index in [1.165, 1.54) is 6.26 Å². The van der Waals surface area contributed by atoms with Crippen LogP contribution in [0.5, 0.6) is 0 Å². The zero-order chi connectivity index (χ0) is 19.4. The topological polar surface area (TPSA) is 92.0 Å². The molecule has 2 amide bonds. The van der Waals surface area contributed by atoms with Gasteiger partial charge >= 0.3 is 0 Å². The lowest BCUT2D eigenvalue weighted by atomic mass is 9.98. The van der Waals surface area contributed by atoms with Crippen LogP contribution in [0, 0.1) is 5.92 Å². The molecule has 2 N–H and O–H groups in total. The Hall–Kier alpha value is -2.64. The molecule has 144 valence electrons. The Morgan fingerprint density at radius 3 is 2.63 bits per heavy atom. The highest BCUT2D eigenvalue weighted by Crippen LogP contribution is 2.30. The van der Waals surface area contributed by atoms with E-state index in [0.717, 1.165) is 5.56 Å². The Kier molecular flexibility index (Phi) is 5.93. The maximum absolute atomic E-state index is 12.2. The Morgan fingerprint density at radius 2 is 2.04 bits per heavy atom. The second kappa shape index (κ2) is 8.37. The summed E-state index contributed by atoms with van der Waals surface area (Å²) in [6, 6.07) is 9.98. The van der Waals surface area contributed by atoms with Crippen molar-refractivity contribution in [3.63, 3.8) is 0 Å². The standard InChI is InChI=1S/C20H24N2O5/c1-13(2)10-22-16(11-23)19(27-12-18(22)24)14-5-7-15(8-6-14)21-20(25)17-4-3-9-26-17/h3-9,13,16,19,23H,10-12H2,1-2H3,(H,21,25). The van der Waals surface area contributed by atoms with Crippen molar-refractivity contribution in [2.24, 2.45) is 5.92 Å². The highest BCUT2D eigenvalue weighted by Gasteiger charge is 2.37. The van der Waals surface area contributed by atoms with Gasteiger partial charge in [-0.15, -0.1) is 0 Å². The van der Waals surface area contributed by atoms with Gasteiger partial charge in [0.05, 0.1) is 18.9 Å². The van der Waals surface area contributed by atoms with Crippen molar-refractivity contribution in [2.75, 3.05) is 25.1 Å². The van der Waals surface area contributed by atoms with E-state index in [1.54, 1.807) is 29.2 Å². The highest BCUT2D eigenvalue weighted by molar-refractivity contribution is 6.02. The molecule has 27 heavy (non-hydrogen) atoms. The van der Waals surface area contributed by atoms with E-state index >= 15 is 0 Å². The van der Waals surface area contributed by atoms with Gasteiger partial charge in [0.1, 0.15) is 12.7 Å². The van der Waals surface area contributed by atoms with Crippen molar-refractivity contribution in [3.8, 4) is 0 Å². The van der Waals surface area contributed by atoms with Crippen molar-refractivity contribution < 1.29 is 23.8 Å². The molecule has 1 aliphatic rings. The largest absolute Gasteiger partial charge is 0.459 e. The van der Waals surface area contributed by atoms with Crippen molar-refractivity contribution in [3.05, 3.63) is 54.0 Å². The highest BCUT2D eigenvalue weighted by atomic mass is 16.5. The second-order valence-electron chi connectivity index (χ2n) is 6.97. The predicted molar refractivity (Wildman–Crippen MR) is 99.2 cm³/mol. The number of rotatable bonds is 6. The molecule has 1 saturated heterocycles. The van der Waals surface area contributed by atoms with E-state index in [4.69, 9.17) is 9.15 Å². The first-order valence-electron chi connectivity index (χ1n) is 8.96. The SMILES string of the molecule is CC(C)CN1C(=O)COC(c2ccc(NC(=O)c3ccco3)cc2)C1CO. The smallest absolute Gasteiger partial charge is 0.291 e. The number of carbonyl (C=O) groups excluding carboxylic acids is 2. The van der Waals surface area contributed by atoms with E-state index in [0.29, 0.717) is 18.2 Å². The zero-order valence-corrected chi connectivity index (χ0v) is 15.4. The lowest BCUT2D eigenvalue weighted by Gasteiger charge is -2.41. The van der Waals surface area contributed by atoms with Gasteiger partial charge in [-0.2, -0.15) is 0 Å². The number of nitrogens with one attached hydrogen (secondary N) is 1. The van der Waals surface area contributed by atoms with Gasteiger partial charge in [-0.25, -0.2) is 0 Å². The van der Waals surface area contributed by atoms with Crippen molar-refractivity contribution in [2.45, 2.75) is 26.0 Å². The van der Waals surface area contributed by atoms with E-state index in [-0.39, 0.29) is 30.8 Å². The van der Waals surface area contributed by atoms with Gasteiger partial charge in [-0.1, -0.05) is 26.0 Å². The quantitative estimate of drug-likeness (QED) is 0.813. The minimum atomic E-state index is -0.433. The second-order valence-corrected chi connectivity index (χ2v) is 6.97. The summed E-state index contributed by atoms with van der Waals surface area (Å²) in [4.78, 5) is 25.9. The molecule has 3 rings (SSSR count). The molecule has 1 aromatic carbocycles. The Labute approximate surface area is 157 Å². The molecule has 2 heterocycles. The number of benzene rings is 1. The molecule has 0 radical (unpaired) electrons. The van der Waals surface area contributed by atoms with Gasteiger partial charge in [-0.05, 0) is 35.7 Å². The summed E-state index contributed by atoms with van der Waals surface area (Å²) in [5, 5.41) is 12.6. The van der Waals surface area contributed by atoms with Crippen LogP contribution in [0.15, 0.2) is 47.1 Å². The van der Waals surface area contributed by atoms with Crippen molar-refractivity contribution in [1.29, 1.82) is 0 Å². The van der Waals surface area contributed by atoms with E-state index in [2.05, 4.69) is 5.32 Å². The first kappa shape index (κ1) is 19.1. The summed E-state index contributed by atoms with van der Waals surface area (Å²) < 4.78 is 10.8. The van der Waals surface area contributed by atoms with E-state index < -0.39 is 12.1 Å². The maximum atomic E-state index is 12.2. The van der Waals surface area contributed by atoms with Gasteiger partial charge in [0.2, 0.25) is 5.91 Å². The van der Waals surface area contributed by atoms with E-state index in [9.17, 15) is 14.7 Å². The summed E-state index contributed by atoms with van der Waals surface area (Å²) in [5.41, 5.74) is 1.46. The van der Waals surface area contributed by atoms with Crippen LogP contribution in [-0.4, -0.2) is 47.6 Å². The van der Waals surface area contributed by atoms with Crippen molar-refractivity contribution >= 4 is 17.5 Å². The predicted octanol–water partition coefficient (Wildman–Crippen LogP) is 2.45. The van der Waals surface area contributed by atoms with Crippen LogP contribution < -0.4 is 5.32 Å². The molecule has 7 heteroatoms. The number of hydrogen-bond donors (Lipinski definition) is 2. The summed E-state index contributed by atoms with van der Waals surface area (Å²) in [6.45, 7) is 4.44. The van der Waals surface area contributed by atoms with Crippen LogP contribution in [-0.2, 0) is 9.53 Å². The lowest BCUT2D eigenvalue weighted by Crippen LogP contribution is -2.53. The Morgan fingerprint density at radius 1 is 1.30 bits per heavy atom. The van der Waals surface area contributed by atoms with Gasteiger partial charge < -0.3 is 24.5 Å². The fourth-order valence-corrected chi connectivity index (χ4v) is 3.20. The number of nitrogens with zero attached hydrogens (tertiary/aromatic N) is 1. The molecular formula is C20H24N2O5. The minimum Gasteiger partial charge on any atom is -0.459 e. The molecular weight excluding hydrogens is 348 g/mol. The van der Waals surface area contributed by atoms with Gasteiger partial charge in [0.15, 0.2) is 5.76 Å². The molecule has 2 unspecified atom stereocenters. The van der Waals surface area contributed by atoms with Crippen LogP contribution in [0.25, 0.3) is 0 Å². The third-order valence-electron chi connectivity index (χ3n) is 4.45. The lowest BCUT2D eigenvalue weighted by molar-refractivity contribution is -0.161. The summed E-state index contributed by atoms with van der Waals surface area (Å²) in [5.74, 6) is 0.0868. The van der Waals surface area contributed by atoms with Crippen LogP contribution in [0.1, 0.15) is 36.1 Å². The molecule has 0 saturated carbocycles. The number of morpholine rings is 1. The number of anilines is 1. The van der Waals surface area contributed by atoms with Crippen LogP contribution in [0.2, 0.25) is 0 Å². The molecule has 0 bridgehead atoms. The third kappa shape index (κ3) is 4.37. The van der Waals surface area contributed by atoms with Gasteiger partial charge in [0, 0.05) is 12.2 Å². The fraction of sp³-hybridized carbons (Fsp3) is 0.400. The van der Waals surface area contributed by atoms with Crippen LogP contribution in [0.4, 0.5) is 5.69 Å². The molecule has 0 aliphatic carbocycles. The molecule has 7 nitrogen and oxygen atoms in total. The minimum absolute atomic E-state index is 0.00906. The van der Waals surface area contributed by atoms with E-state index in [1.807, 2.05) is 26.0 Å². The number of furan rings is 1. The molecule has 1 aromatic heterocycles. The number of hydrogen-bond acceptors (Lipinski definition) is 5.